The lowest BCUT2D eigenvalue weighted by atomic mass is 10.1. The molecular weight excluding hydrogens is 459 g/mol. The summed E-state index contributed by atoms with van der Waals surface area (Å²) < 4.78 is 40.7. The third-order valence-electron chi connectivity index (χ3n) is 3.36. The number of carbonyl (C=O) groups excluding carboxylic acids is 1. The van der Waals surface area contributed by atoms with Crippen molar-refractivity contribution >= 4 is 28.5 Å². The van der Waals surface area contributed by atoms with Crippen LogP contribution in [0, 0.1) is 3.57 Å². The lowest BCUT2D eigenvalue weighted by Gasteiger charge is -2.12. The molecule has 0 aliphatic rings. The lowest BCUT2D eigenvalue weighted by Crippen LogP contribution is -2.30. The Morgan fingerprint density at radius 1 is 1.15 bits per heavy atom. The van der Waals surface area contributed by atoms with Gasteiger partial charge in [0.15, 0.2) is 18.1 Å². The van der Waals surface area contributed by atoms with Gasteiger partial charge in [-0.2, -0.15) is 8.78 Å². The van der Waals surface area contributed by atoms with Crippen LogP contribution in [0.25, 0.3) is 0 Å². The van der Waals surface area contributed by atoms with Gasteiger partial charge < -0.3 is 19.5 Å². The van der Waals surface area contributed by atoms with Gasteiger partial charge in [-0.25, -0.2) is 0 Å². The van der Waals surface area contributed by atoms with Gasteiger partial charge in [-0.1, -0.05) is 6.07 Å². The summed E-state index contributed by atoms with van der Waals surface area (Å²) in [5, 5.41) is 2.72. The first-order valence-electron chi connectivity index (χ1n) is 7.74. The molecule has 2 aromatic carbocycles. The van der Waals surface area contributed by atoms with Gasteiger partial charge in [0.25, 0.3) is 5.91 Å². The molecule has 0 spiro atoms. The highest BCUT2D eigenvalue weighted by atomic mass is 127. The Hall–Kier alpha value is -2.10. The molecule has 0 atom stereocenters. The fourth-order valence-electron chi connectivity index (χ4n) is 2.14. The minimum absolute atomic E-state index is 0.0339. The van der Waals surface area contributed by atoms with Crippen LogP contribution in [0.3, 0.4) is 0 Å². The summed E-state index contributed by atoms with van der Waals surface area (Å²) in [5.74, 6) is 0.544. The highest BCUT2D eigenvalue weighted by molar-refractivity contribution is 14.1. The zero-order valence-electron chi connectivity index (χ0n) is 14.0. The molecule has 0 saturated carbocycles. The molecule has 1 N–H and O–H groups in total. The second-order valence-electron chi connectivity index (χ2n) is 5.21. The summed E-state index contributed by atoms with van der Waals surface area (Å²) >= 11 is 2.18. The predicted octanol–water partition coefficient (Wildman–Crippen LogP) is 3.64. The first-order valence-corrected chi connectivity index (χ1v) is 8.82. The number of methoxy groups -OCH3 is 1. The third kappa shape index (κ3) is 6.66. The fraction of sp³-hybridized carbons (Fsp3) is 0.278. The minimum Gasteiger partial charge on any atom is -0.493 e. The minimum atomic E-state index is -2.93. The van der Waals surface area contributed by atoms with Gasteiger partial charge >= 0.3 is 6.61 Å². The number of hydrogen-bond acceptors (Lipinski definition) is 4. The van der Waals surface area contributed by atoms with Crippen LogP contribution in [0.5, 0.6) is 17.2 Å². The Kier molecular flexibility index (Phi) is 7.89. The first kappa shape index (κ1) is 20.2. The van der Waals surface area contributed by atoms with E-state index in [0.717, 1.165) is 9.13 Å². The molecule has 1 amide bonds. The van der Waals surface area contributed by atoms with Gasteiger partial charge in [-0.15, -0.1) is 0 Å². The third-order valence-corrected chi connectivity index (χ3v) is 4.08. The smallest absolute Gasteiger partial charge is 0.387 e. The summed E-state index contributed by atoms with van der Waals surface area (Å²) in [4.78, 5) is 11.8. The van der Waals surface area contributed by atoms with Gasteiger partial charge in [0.05, 0.1) is 7.11 Å². The van der Waals surface area contributed by atoms with E-state index in [9.17, 15) is 13.6 Å². The average molecular weight is 477 g/mol. The maximum absolute atomic E-state index is 12.4. The van der Waals surface area contributed by atoms with Gasteiger partial charge in [-0.05, 0) is 71.0 Å². The second kappa shape index (κ2) is 10.1. The van der Waals surface area contributed by atoms with Crippen molar-refractivity contribution in [1.29, 1.82) is 0 Å². The Morgan fingerprint density at radius 2 is 1.88 bits per heavy atom. The van der Waals surface area contributed by atoms with Crippen LogP contribution < -0.4 is 19.5 Å². The second-order valence-corrected chi connectivity index (χ2v) is 6.45. The molecule has 0 radical (unpaired) electrons. The van der Waals surface area contributed by atoms with Crippen LogP contribution in [-0.2, 0) is 11.2 Å². The van der Waals surface area contributed by atoms with Crippen molar-refractivity contribution in [3.8, 4) is 17.2 Å². The van der Waals surface area contributed by atoms with E-state index in [1.54, 1.807) is 24.3 Å². The number of nitrogens with one attached hydrogen (secondary N) is 1. The van der Waals surface area contributed by atoms with Gasteiger partial charge in [0.2, 0.25) is 0 Å². The van der Waals surface area contributed by atoms with Gasteiger partial charge in [0, 0.05) is 10.1 Å². The molecule has 26 heavy (non-hydrogen) atoms. The number of rotatable bonds is 9. The molecular formula is C18H18F2INO4. The number of halogens is 3. The maximum Gasteiger partial charge on any atom is 0.387 e. The number of benzene rings is 2. The predicted molar refractivity (Wildman–Crippen MR) is 101 cm³/mol. The molecule has 8 heteroatoms. The fourth-order valence-corrected chi connectivity index (χ4v) is 2.50. The van der Waals surface area contributed by atoms with Crippen molar-refractivity contribution in [1.82, 2.24) is 5.32 Å². The monoisotopic (exact) mass is 477 g/mol. The van der Waals surface area contributed by atoms with Crippen LogP contribution in [0.2, 0.25) is 0 Å². The van der Waals surface area contributed by atoms with Crippen molar-refractivity contribution in [3.05, 3.63) is 51.6 Å². The molecule has 0 aromatic heterocycles. The van der Waals surface area contributed by atoms with Gasteiger partial charge in [0.1, 0.15) is 5.75 Å². The average Bonchev–Trinajstić information content (AvgIpc) is 2.61. The van der Waals surface area contributed by atoms with E-state index < -0.39 is 6.61 Å². The summed E-state index contributed by atoms with van der Waals surface area (Å²) in [7, 11) is 1.38. The Labute approximate surface area is 163 Å². The maximum atomic E-state index is 12.4. The number of alkyl halides is 2. The standard InChI is InChI=1S/C18H18F2INO4/c1-24-15-7-2-12(10-16(15)26-18(19)20)8-9-22-17(23)11-25-14-5-3-13(21)4-6-14/h2-7,10,18H,8-9,11H2,1H3,(H,22,23). The Bertz CT molecular complexity index is 726. The van der Waals surface area contributed by atoms with Crippen molar-refractivity contribution < 1.29 is 27.8 Å². The largest absolute Gasteiger partial charge is 0.493 e. The molecule has 2 rings (SSSR count). The number of ether oxygens (including phenoxy) is 3. The summed E-state index contributed by atoms with van der Waals surface area (Å²) in [6, 6.07) is 12.1. The van der Waals surface area contributed by atoms with Gasteiger partial charge in [-0.3, -0.25) is 4.79 Å². The molecule has 0 unspecified atom stereocenters. The SMILES string of the molecule is COc1ccc(CCNC(=O)COc2ccc(I)cc2)cc1OC(F)F. The van der Waals surface area contributed by atoms with Crippen molar-refractivity contribution in [2.24, 2.45) is 0 Å². The van der Waals surface area contributed by atoms with Crippen LogP contribution in [0.1, 0.15) is 5.56 Å². The van der Waals surface area contributed by atoms with Crippen LogP contribution in [0.15, 0.2) is 42.5 Å². The summed E-state index contributed by atoms with van der Waals surface area (Å²) in [6.45, 7) is -2.68. The van der Waals surface area contributed by atoms with Crippen molar-refractivity contribution in [3.63, 3.8) is 0 Å². The topological polar surface area (TPSA) is 56.8 Å². The van der Waals surface area contributed by atoms with Crippen molar-refractivity contribution in [2.45, 2.75) is 13.0 Å². The number of carbonyl (C=O) groups is 1. The van der Waals surface area contributed by atoms with E-state index in [1.807, 2.05) is 12.1 Å². The summed E-state index contributed by atoms with van der Waals surface area (Å²) in [6.07, 6.45) is 0.457. The normalized spacial score (nSPS) is 10.5. The van der Waals surface area contributed by atoms with Crippen LogP contribution in [0.4, 0.5) is 8.78 Å². The number of hydrogen-bond donors (Lipinski definition) is 1. The highest BCUT2D eigenvalue weighted by Crippen LogP contribution is 2.29. The van der Waals surface area contributed by atoms with E-state index in [1.165, 1.54) is 13.2 Å². The molecule has 0 bridgehead atoms. The van der Waals surface area contributed by atoms with E-state index in [2.05, 4.69) is 32.6 Å². The molecule has 5 nitrogen and oxygen atoms in total. The molecule has 2 aromatic rings. The van der Waals surface area contributed by atoms with Crippen LogP contribution in [-0.4, -0.2) is 32.8 Å². The van der Waals surface area contributed by atoms with E-state index in [-0.39, 0.29) is 24.0 Å². The molecule has 0 aliphatic carbocycles. The molecule has 0 aliphatic heterocycles. The molecule has 0 heterocycles. The highest BCUT2D eigenvalue weighted by Gasteiger charge is 2.11. The first-order chi connectivity index (χ1) is 12.5. The molecule has 140 valence electrons. The lowest BCUT2D eigenvalue weighted by molar-refractivity contribution is -0.123. The zero-order chi connectivity index (χ0) is 18.9. The Morgan fingerprint density at radius 3 is 2.54 bits per heavy atom. The zero-order valence-corrected chi connectivity index (χ0v) is 16.2. The van der Waals surface area contributed by atoms with E-state index >= 15 is 0 Å². The Balaban J connectivity index is 1.79. The van der Waals surface area contributed by atoms with Crippen molar-refractivity contribution in [2.75, 3.05) is 20.3 Å². The molecule has 0 fully saturated rings. The summed E-state index contributed by atoms with van der Waals surface area (Å²) in [5.41, 5.74) is 0.736. The molecule has 0 saturated heterocycles. The van der Waals surface area contributed by atoms with Crippen LogP contribution >= 0.6 is 22.6 Å². The van der Waals surface area contributed by atoms with E-state index in [4.69, 9.17) is 9.47 Å². The number of amides is 1. The van der Waals surface area contributed by atoms with E-state index in [0.29, 0.717) is 18.7 Å². The quantitative estimate of drug-likeness (QED) is 0.561.